The lowest BCUT2D eigenvalue weighted by Crippen LogP contribution is -2.38. The molecule has 1 aliphatic rings. The number of hydrogen-bond donors (Lipinski definition) is 1. The molecule has 3 aromatic rings. The Morgan fingerprint density at radius 3 is 2.57 bits per heavy atom. The van der Waals surface area contributed by atoms with Crippen LogP contribution in [-0.2, 0) is 4.79 Å². The van der Waals surface area contributed by atoms with Crippen molar-refractivity contribution >= 4 is 28.4 Å². The number of amides is 1. The lowest BCUT2D eigenvalue weighted by molar-refractivity contribution is -0.124. The van der Waals surface area contributed by atoms with Crippen LogP contribution in [0.15, 0.2) is 48.5 Å². The predicted molar refractivity (Wildman–Crippen MR) is 123 cm³/mol. The third-order valence-electron chi connectivity index (χ3n) is 5.89. The smallest absolute Gasteiger partial charge is 0.244 e. The summed E-state index contributed by atoms with van der Waals surface area (Å²) in [7, 11) is 0. The number of benzene rings is 2. The van der Waals surface area contributed by atoms with Crippen molar-refractivity contribution in [2.45, 2.75) is 38.6 Å². The van der Waals surface area contributed by atoms with E-state index in [1.54, 1.807) is 0 Å². The summed E-state index contributed by atoms with van der Waals surface area (Å²) in [5.74, 6) is -0.0104. The number of carbonyl (C=O) groups excluding carboxylic acids is 1. The Bertz CT molecular complexity index is 993. The van der Waals surface area contributed by atoms with Crippen molar-refractivity contribution in [2.75, 3.05) is 26.2 Å². The van der Waals surface area contributed by atoms with E-state index in [1.807, 2.05) is 60.1 Å². The fourth-order valence-corrected chi connectivity index (χ4v) is 4.35. The monoisotopic (exact) mass is 424 g/mol. The summed E-state index contributed by atoms with van der Waals surface area (Å²) in [5, 5.41) is 9.54. The van der Waals surface area contributed by atoms with Gasteiger partial charge in [0.25, 0.3) is 0 Å². The molecule has 0 bridgehead atoms. The summed E-state index contributed by atoms with van der Waals surface area (Å²) < 4.78 is 1.81. The molecular formula is C24H29ClN4O. The lowest BCUT2D eigenvalue weighted by Gasteiger charge is -2.20. The Morgan fingerprint density at radius 1 is 1.10 bits per heavy atom. The molecule has 1 aromatic heterocycles. The number of nitrogens with one attached hydrogen (secondary N) is 1. The molecule has 6 heteroatoms. The molecule has 30 heavy (non-hydrogen) atoms. The highest BCUT2D eigenvalue weighted by molar-refractivity contribution is 6.31. The highest BCUT2D eigenvalue weighted by atomic mass is 35.5. The standard InChI is InChI=1S/C24H29ClN4O/c1-18(24(30)26-13-16-28-14-7-2-3-8-15-28)29-22-12-11-20(25)17-21(22)23(27-29)19-9-5-4-6-10-19/h4-6,9-12,17-18H,2-3,7-8,13-16H2,1H3,(H,26,30)/t18-/m0/s1. The number of fused-ring (bicyclic) bond motifs is 1. The Labute approximate surface area is 183 Å². The second-order valence-corrected chi connectivity index (χ2v) is 8.48. The van der Waals surface area contributed by atoms with Gasteiger partial charge >= 0.3 is 0 Å². The maximum atomic E-state index is 12.9. The molecule has 2 aromatic carbocycles. The predicted octanol–water partition coefficient (Wildman–Crippen LogP) is 4.91. The zero-order chi connectivity index (χ0) is 20.9. The molecule has 2 heterocycles. The molecule has 1 atom stereocenters. The quantitative estimate of drug-likeness (QED) is 0.611. The summed E-state index contributed by atoms with van der Waals surface area (Å²) in [6.45, 7) is 5.74. The van der Waals surface area contributed by atoms with Gasteiger partial charge in [0.15, 0.2) is 0 Å². The third kappa shape index (κ3) is 4.68. The number of rotatable bonds is 6. The third-order valence-corrected chi connectivity index (χ3v) is 6.12. The minimum Gasteiger partial charge on any atom is -0.353 e. The number of halogens is 1. The zero-order valence-electron chi connectivity index (χ0n) is 17.5. The van der Waals surface area contributed by atoms with Crippen LogP contribution in [0.2, 0.25) is 5.02 Å². The maximum absolute atomic E-state index is 12.9. The van der Waals surface area contributed by atoms with Crippen molar-refractivity contribution in [1.29, 1.82) is 0 Å². The number of hydrogen-bond acceptors (Lipinski definition) is 3. The number of nitrogens with zero attached hydrogens (tertiary/aromatic N) is 3. The first-order chi connectivity index (χ1) is 14.6. The van der Waals surface area contributed by atoms with Crippen molar-refractivity contribution in [1.82, 2.24) is 20.0 Å². The summed E-state index contributed by atoms with van der Waals surface area (Å²) in [5.41, 5.74) is 2.77. The van der Waals surface area contributed by atoms with Gasteiger partial charge in [-0.1, -0.05) is 54.8 Å². The number of likely N-dealkylation sites (tertiary alicyclic amines) is 1. The molecule has 0 unspecified atom stereocenters. The summed E-state index contributed by atoms with van der Waals surface area (Å²) in [4.78, 5) is 15.3. The minimum absolute atomic E-state index is 0.0104. The highest BCUT2D eigenvalue weighted by Crippen LogP contribution is 2.31. The van der Waals surface area contributed by atoms with E-state index < -0.39 is 6.04 Å². The second-order valence-electron chi connectivity index (χ2n) is 8.04. The molecule has 1 aliphatic heterocycles. The summed E-state index contributed by atoms with van der Waals surface area (Å²) >= 11 is 6.26. The van der Waals surface area contributed by atoms with Gasteiger partial charge in [0.2, 0.25) is 5.91 Å². The first-order valence-electron chi connectivity index (χ1n) is 10.9. The molecule has 0 radical (unpaired) electrons. The number of carbonyl (C=O) groups is 1. The van der Waals surface area contributed by atoms with Crippen molar-refractivity contribution in [2.24, 2.45) is 0 Å². The SMILES string of the molecule is C[C@@H](C(=O)NCCN1CCCCCC1)n1nc(-c2ccccc2)c2cc(Cl)ccc21. The maximum Gasteiger partial charge on any atom is 0.244 e. The van der Waals surface area contributed by atoms with E-state index in [0.717, 1.165) is 41.8 Å². The van der Waals surface area contributed by atoms with Crippen molar-refractivity contribution < 1.29 is 4.79 Å². The van der Waals surface area contributed by atoms with Gasteiger partial charge in [-0.25, -0.2) is 0 Å². The molecule has 1 amide bonds. The van der Waals surface area contributed by atoms with Gasteiger partial charge in [-0.15, -0.1) is 0 Å². The van der Waals surface area contributed by atoms with Gasteiger partial charge in [-0.2, -0.15) is 5.10 Å². The van der Waals surface area contributed by atoms with E-state index in [-0.39, 0.29) is 5.91 Å². The van der Waals surface area contributed by atoms with Gasteiger partial charge in [0, 0.05) is 29.1 Å². The van der Waals surface area contributed by atoms with Crippen LogP contribution in [0.3, 0.4) is 0 Å². The van der Waals surface area contributed by atoms with Crippen LogP contribution in [0.5, 0.6) is 0 Å². The molecule has 0 saturated carbocycles. The van der Waals surface area contributed by atoms with Crippen LogP contribution >= 0.6 is 11.6 Å². The molecule has 1 saturated heterocycles. The second kappa shape index (κ2) is 9.63. The fourth-order valence-electron chi connectivity index (χ4n) is 4.17. The first-order valence-corrected chi connectivity index (χ1v) is 11.2. The minimum atomic E-state index is -0.407. The average molecular weight is 425 g/mol. The fraction of sp³-hybridized carbons (Fsp3) is 0.417. The first kappa shape index (κ1) is 20.9. The van der Waals surface area contributed by atoms with Crippen LogP contribution in [0, 0.1) is 0 Å². The molecule has 1 N–H and O–H groups in total. The topological polar surface area (TPSA) is 50.2 Å². The van der Waals surface area contributed by atoms with E-state index >= 15 is 0 Å². The lowest BCUT2D eigenvalue weighted by atomic mass is 10.1. The van der Waals surface area contributed by atoms with Crippen LogP contribution < -0.4 is 5.32 Å². The molecule has 1 fully saturated rings. The van der Waals surface area contributed by atoms with Gasteiger partial charge < -0.3 is 10.2 Å². The molecule has 4 rings (SSSR count). The van der Waals surface area contributed by atoms with E-state index in [2.05, 4.69) is 10.2 Å². The summed E-state index contributed by atoms with van der Waals surface area (Å²) in [6.07, 6.45) is 5.16. The molecule has 0 aliphatic carbocycles. The Kier molecular flexibility index (Phi) is 6.70. The van der Waals surface area contributed by atoms with E-state index in [0.29, 0.717) is 11.6 Å². The van der Waals surface area contributed by atoms with E-state index in [9.17, 15) is 4.79 Å². The van der Waals surface area contributed by atoms with Gasteiger partial charge in [-0.05, 0) is 51.1 Å². The van der Waals surface area contributed by atoms with E-state index in [4.69, 9.17) is 16.7 Å². The van der Waals surface area contributed by atoms with Crippen LogP contribution in [0.4, 0.5) is 0 Å². The zero-order valence-corrected chi connectivity index (χ0v) is 18.2. The van der Waals surface area contributed by atoms with Gasteiger partial charge in [0.1, 0.15) is 11.7 Å². The van der Waals surface area contributed by atoms with Crippen molar-refractivity contribution in [3.63, 3.8) is 0 Å². The van der Waals surface area contributed by atoms with Crippen LogP contribution in [0.25, 0.3) is 22.2 Å². The van der Waals surface area contributed by atoms with E-state index in [1.165, 1.54) is 25.7 Å². The van der Waals surface area contributed by atoms with Crippen LogP contribution in [-0.4, -0.2) is 46.8 Å². The molecule has 158 valence electrons. The Balaban J connectivity index is 1.51. The van der Waals surface area contributed by atoms with Crippen molar-refractivity contribution in [3.8, 4) is 11.3 Å². The average Bonchev–Trinajstić information content (AvgIpc) is 2.93. The Hall–Kier alpha value is -2.37. The number of aromatic nitrogens is 2. The van der Waals surface area contributed by atoms with Crippen molar-refractivity contribution in [3.05, 3.63) is 53.6 Å². The normalized spacial score (nSPS) is 16.3. The largest absolute Gasteiger partial charge is 0.353 e. The van der Waals surface area contributed by atoms with Crippen LogP contribution in [0.1, 0.15) is 38.6 Å². The Morgan fingerprint density at radius 2 is 1.83 bits per heavy atom. The molecular weight excluding hydrogens is 396 g/mol. The van der Waals surface area contributed by atoms with Gasteiger partial charge in [-0.3, -0.25) is 9.48 Å². The highest BCUT2D eigenvalue weighted by Gasteiger charge is 2.21. The van der Waals surface area contributed by atoms with Gasteiger partial charge in [0.05, 0.1) is 5.52 Å². The summed E-state index contributed by atoms with van der Waals surface area (Å²) in [6, 6.07) is 15.3. The molecule has 0 spiro atoms. The molecule has 5 nitrogen and oxygen atoms in total.